The van der Waals surface area contributed by atoms with E-state index in [1.165, 1.54) is 6.92 Å². The lowest BCUT2D eigenvalue weighted by molar-refractivity contribution is -0.147. The summed E-state index contributed by atoms with van der Waals surface area (Å²) < 4.78 is 41.7. The topological polar surface area (TPSA) is 75.9 Å². The van der Waals surface area contributed by atoms with Crippen LogP contribution in [0.5, 0.6) is 0 Å². The molecular formula is C9H8F3N3O2S. The first-order valence-corrected chi connectivity index (χ1v) is 5.57. The van der Waals surface area contributed by atoms with Gasteiger partial charge < -0.3 is 4.74 Å². The highest BCUT2D eigenvalue weighted by Crippen LogP contribution is 2.35. The molecule has 0 saturated carbocycles. The summed E-state index contributed by atoms with van der Waals surface area (Å²) in [5.41, 5.74) is -1.88. The van der Waals surface area contributed by atoms with E-state index < -0.39 is 22.6 Å². The molecule has 0 aromatic carbocycles. The van der Waals surface area contributed by atoms with Crippen molar-refractivity contribution >= 4 is 17.3 Å². The molecule has 1 atom stereocenters. The van der Waals surface area contributed by atoms with Gasteiger partial charge in [0.25, 0.3) is 0 Å². The number of esters is 1. The van der Waals surface area contributed by atoms with Crippen LogP contribution >= 0.6 is 11.3 Å². The lowest BCUT2D eigenvalue weighted by Crippen LogP contribution is -2.32. The van der Waals surface area contributed by atoms with Crippen molar-refractivity contribution in [2.75, 3.05) is 6.61 Å². The molecule has 0 aliphatic rings. The van der Waals surface area contributed by atoms with E-state index >= 15 is 0 Å². The standard InChI is InChI=1S/C9H8F3N3O2S/c1-3-17-7(16)8(2,4-13)5-14-15-6(18-5)9(10,11)12/h3H2,1-2H3. The summed E-state index contributed by atoms with van der Waals surface area (Å²) in [5, 5.41) is 13.6. The van der Waals surface area contributed by atoms with Gasteiger partial charge in [0, 0.05) is 0 Å². The van der Waals surface area contributed by atoms with Crippen molar-refractivity contribution in [2.24, 2.45) is 0 Å². The second-order valence-electron chi connectivity index (χ2n) is 3.37. The Morgan fingerprint density at radius 3 is 2.39 bits per heavy atom. The van der Waals surface area contributed by atoms with Gasteiger partial charge in [0.2, 0.25) is 10.4 Å². The Labute approximate surface area is 104 Å². The van der Waals surface area contributed by atoms with Gasteiger partial charge in [-0.2, -0.15) is 18.4 Å². The van der Waals surface area contributed by atoms with Gasteiger partial charge in [-0.3, -0.25) is 0 Å². The lowest BCUT2D eigenvalue weighted by atomic mass is 9.94. The van der Waals surface area contributed by atoms with Crippen LogP contribution < -0.4 is 0 Å². The highest BCUT2D eigenvalue weighted by molar-refractivity contribution is 7.11. The minimum absolute atomic E-state index is 0.0149. The number of hydrogen-bond donors (Lipinski definition) is 0. The number of hydrogen-bond acceptors (Lipinski definition) is 6. The zero-order chi connectivity index (χ0) is 14.0. The monoisotopic (exact) mass is 279 g/mol. The maximum Gasteiger partial charge on any atom is 0.445 e. The summed E-state index contributed by atoms with van der Waals surface area (Å²) in [6.07, 6.45) is -4.65. The maximum atomic E-state index is 12.4. The largest absolute Gasteiger partial charge is 0.464 e. The molecule has 0 amide bonds. The average Bonchev–Trinajstić information content (AvgIpc) is 2.77. The van der Waals surface area contributed by atoms with E-state index in [1.807, 2.05) is 0 Å². The molecule has 0 aliphatic carbocycles. The minimum atomic E-state index is -4.65. The van der Waals surface area contributed by atoms with Crippen LogP contribution in [0.2, 0.25) is 0 Å². The van der Waals surface area contributed by atoms with Crippen molar-refractivity contribution in [1.29, 1.82) is 5.26 Å². The van der Waals surface area contributed by atoms with Crippen LogP contribution in [0.3, 0.4) is 0 Å². The van der Waals surface area contributed by atoms with E-state index in [-0.39, 0.29) is 23.0 Å². The molecule has 0 bridgehead atoms. The molecule has 1 heterocycles. The predicted molar refractivity (Wildman–Crippen MR) is 54.5 cm³/mol. The van der Waals surface area contributed by atoms with Crippen LogP contribution in [0.1, 0.15) is 23.9 Å². The molecule has 1 aromatic heterocycles. The Bertz CT molecular complexity index is 494. The highest BCUT2D eigenvalue weighted by Gasteiger charge is 2.44. The molecule has 0 radical (unpaired) electrons. The second kappa shape index (κ2) is 4.89. The number of halogens is 3. The van der Waals surface area contributed by atoms with Crippen LogP contribution in [0.25, 0.3) is 0 Å². The van der Waals surface area contributed by atoms with Crippen molar-refractivity contribution in [3.63, 3.8) is 0 Å². The summed E-state index contributed by atoms with van der Waals surface area (Å²) >= 11 is 0.155. The fourth-order valence-corrected chi connectivity index (χ4v) is 1.79. The van der Waals surface area contributed by atoms with Crippen LogP contribution in [-0.2, 0) is 21.1 Å². The Hall–Kier alpha value is -1.69. The van der Waals surface area contributed by atoms with E-state index in [1.54, 1.807) is 6.07 Å². The number of aromatic nitrogens is 2. The molecule has 1 unspecified atom stereocenters. The molecule has 0 N–H and O–H groups in total. The molecular weight excluding hydrogens is 271 g/mol. The van der Waals surface area contributed by atoms with Crippen LogP contribution in [0.4, 0.5) is 13.2 Å². The lowest BCUT2D eigenvalue weighted by Gasteiger charge is -2.15. The number of carbonyl (C=O) groups excluding carboxylic acids is 1. The van der Waals surface area contributed by atoms with Gasteiger partial charge in [-0.05, 0) is 13.8 Å². The predicted octanol–water partition coefficient (Wildman–Crippen LogP) is 1.90. The normalized spacial score (nSPS) is 14.7. The molecule has 0 spiro atoms. The molecule has 0 aliphatic heterocycles. The van der Waals surface area contributed by atoms with Crippen LogP contribution in [-0.4, -0.2) is 22.8 Å². The third-order valence-corrected chi connectivity index (χ3v) is 3.19. The van der Waals surface area contributed by atoms with Crippen molar-refractivity contribution in [2.45, 2.75) is 25.4 Å². The Balaban J connectivity index is 3.15. The molecule has 0 saturated heterocycles. The van der Waals surface area contributed by atoms with Crippen molar-refractivity contribution in [3.05, 3.63) is 10.0 Å². The molecule has 9 heteroatoms. The highest BCUT2D eigenvalue weighted by atomic mass is 32.1. The Morgan fingerprint density at radius 2 is 2.00 bits per heavy atom. The van der Waals surface area contributed by atoms with E-state index in [0.29, 0.717) is 0 Å². The van der Waals surface area contributed by atoms with Crippen molar-refractivity contribution in [1.82, 2.24) is 10.2 Å². The summed E-state index contributed by atoms with van der Waals surface area (Å²) in [7, 11) is 0. The van der Waals surface area contributed by atoms with E-state index in [9.17, 15) is 18.0 Å². The first-order valence-electron chi connectivity index (χ1n) is 4.75. The smallest absolute Gasteiger partial charge is 0.445 e. The van der Waals surface area contributed by atoms with Crippen LogP contribution in [0, 0.1) is 11.3 Å². The van der Waals surface area contributed by atoms with Crippen molar-refractivity contribution in [3.8, 4) is 6.07 Å². The van der Waals surface area contributed by atoms with E-state index in [0.717, 1.165) is 6.92 Å². The molecule has 1 aromatic rings. The molecule has 0 fully saturated rings. The summed E-state index contributed by atoms with van der Waals surface area (Å²) in [4.78, 5) is 11.6. The summed E-state index contributed by atoms with van der Waals surface area (Å²) in [6.45, 7) is 2.68. The molecule has 5 nitrogen and oxygen atoms in total. The first kappa shape index (κ1) is 14.4. The fraction of sp³-hybridized carbons (Fsp3) is 0.556. The number of ether oxygens (including phenoxy) is 1. The molecule has 1 rings (SSSR count). The summed E-state index contributed by atoms with van der Waals surface area (Å²) in [5.74, 6) is -0.947. The number of alkyl halides is 3. The van der Waals surface area contributed by atoms with Gasteiger partial charge in [0.15, 0.2) is 0 Å². The van der Waals surface area contributed by atoms with Gasteiger partial charge in [0.1, 0.15) is 5.01 Å². The zero-order valence-electron chi connectivity index (χ0n) is 9.41. The minimum Gasteiger partial charge on any atom is -0.464 e. The quantitative estimate of drug-likeness (QED) is 0.790. The average molecular weight is 279 g/mol. The number of rotatable bonds is 3. The SMILES string of the molecule is CCOC(=O)C(C)(C#N)c1nnc(C(F)(F)F)s1. The Morgan fingerprint density at radius 1 is 1.44 bits per heavy atom. The number of nitrogens with zero attached hydrogens (tertiary/aromatic N) is 3. The van der Waals surface area contributed by atoms with Gasteiger partial charge in [-0.25, -0.2) is 4.79 Å². The van der Waals surface area contributed by atoms with Crippen LogP contribution in [0.15, 0.2) is 0 Å². The third kappa shape index (κ3) is 2.59. The number of carbonyl (C=O) groups is 1. The third-order valence-electron chi connectivity index (χ3n) is 2.00. The fourth-order valence-electron chi connectivity index (χ4n) is 0.996. The number of nitriles is 1. The Kier molecular flexibility index (Phi) is 3.91. The zero-order valence-corrected chi connectivity index (χ0v) is 10.2. The summed E-state index contributed by atoms with van der Waals surface area (Å²) in [6, 6.07) is 1.61. The van der Waals surface area contributed by atoms with Gasteiger partial charge in [0.05, 0.1) is 12.7 Å². The molecule has 18 heavy (non-hydrogen) atoms. The van der Waals surface area contributed by atoms with E-state index in [2.05, 4.69) is 14.9 Å². The van der Waals surface area contributed by atoms with Crippen molar-refractivity contribution < 1.29 is 22.7 Å². The molecule has 98 valence electrons. The van der Waals surface area contributed by atoms with Gasteiger partial charge >= 0.3 is 12.1 Å². The van der Waals surface area contributed by atoms with Gasteiger partial charge in [-0.15, -0.1) is 10.2 Å². The van der Waals surface area contributed by atoms with Gasteiger partial charge in [-0.1, -0.05) is 11.3 Å². The van der Waals surface area contributed by atoms with E-state index in [4.69, 9.17) is 5.26 Å². The maximum absolute atomic E-state index is 12.4. The first-order chi connectivity index (χ1) is 8.25. The second-order valence-corrected chi connectivity index (χ2v) is 4.34.